The third-order valence-electron chi connectivity index (χ3n) is 6.72. The number of unbranched alkanes of at least 4 members (excludes halogenated alkanes) is 1. The Hall–Kier alpha value is -4.79. The second kappa shape index (κ2) is 11.9. The summed E-state index contributed by atoms with van der Waals surface area (Å²) in [4.78, 5) is 28.6. The van der Waals surface area contributed by atoms with Gasteiger partial charge in [-0.1, -0.05) is 43.7 Å². The molecule has 1 aliphatic rings. The summed E-state index contributed by atoms with van der Waals surface area (Å²) < 4.78 is 17.8. The molecule has 206 valence electrons. The molecule has 1 N–H and O–H groups in total. The van der Waals surface area contributed by atoms with Gasteiger partial charge < -0.3 is 24.4 Å². The van der Waals surface area contributed by atoms with E-state index in [1.54, 1.807) is 34.9 Å². The first-order valence-corrected chi connectivity index (χ1v) is 13.3. The first-order chi connectivity index (χ1) is 19.5. The molecule has 4 aromatic rings. The molecular formula is C31H32N4O5. The highest BCUT2D eigenvalue weighted by Crippen LogP contribution is 2.34. The van der Waals surface area contributed by atoms with Gasteiger partial charge in [-0.05, 0) is 61.4 Å². The monoisotopic (exact) mass is 540 g/mol. The standard InChI is InChI=1S/C31H32N4O5/c1-4-5-17-34(31(37)23-11-16-26-27(18-23)40-20-39-26)19-28(36)32-30-29(22-9-7-6-8-10-22)21(2)33-35(30)24-12-14-25(38-3)15-13-24/h6-16,18H,4-5,17,19-20H2,1-3H3,(H,32,36). The largest absolute Gasteiger partial charge is 0.497 e. The van der Waals surface area contributed by atoms with Crippen molar-refractivity contribution in [3.63, 3.8) is 0 Å². The molecule has 0 aliphatic carbocycles. The second-order valence-electron chi connectivity index (χ2n) is 9.48. The minimum absolute atomic E-state index is 0.117. The van der Waals surface area contributed by atoms with Gasteiger partial charge in [0.1, 0.15) is 18.1 Å². The average molecular weight is 541 g/mol. The number of aromatic nitrogens is 2. The molecule has 1 aliphatic heterocycles. The van der Waals surface area contributed by atoms with Crippen molar-refractivity contribution in [3.8, 4) is 34.1 Å². The maximum Gasteiger partial charge on any atom is 0.254 e. The second-order valence-corrected chi connectivity index (χ2v) is 9.48. The number of aryl methyl sites for hydroxylation is 1. The summed E-state index contributed by atoms with van der Waals surface area (Å²) >= 11 is 0. The van der Waals surface area contributed by atoms with Crippen molar-refractivity contribution in [2.45, 2.75) is 26.7 Å². The van der Waals surface area contributed by atoms with Gasteiger partial charge in [-0.25, -0.2) is 4.68 Å². The number of hydrogen-bond acceptors (Lipinski definition) is 6. The van der Waals surface area contributed by atoms with Crippen LogP contribution in [0.4, 0.5) is 5.82 Å². The van der Waals surface area contributed by atoms with E-state index >= 15 is 0 Å². The Morgan fingerprint density at radius 1 is 1.02 bits per heavy atom. The van der Waals surface area contributed by atoms with Gasteiger partial charge in [0.15, 0.2) is 11.5 Å². The molecule has 0 spiro atoms. The number of benzene rings is 3. The Morgan fingerprint density at radius 3 is 2.50 bits per heavy atom. The highest BCUT2D eigenvalue weighted by atomic mass is 16.7. The first-order valence-electron chi connectivity index (χ1n) is 13.3. The fraction of sp³-hybridized carbons (Fsp3) is 0.258. The number of ether oxygens (including phenoxy) is 3. The smallest absolute Gasteiger partial charge is 0.254 e. The number of fused-ring (bicyclic) bond motifs is 1. The van der Waals surface area contributed by atoms with E-state index in [1.807, 2.05) is 68.4 Å². The van der Waals surface area contributed by atoms with Crippen molar-refractivity contribution in [1.82, 2.24) is 14.7 Å². The SMILES string of the molecule is CCCCN(CC(=O)Nc1c(-c2ccccc2)c(C)nn1-c1ccc(OC)cc1)C(=O)c1ccc2c(c1)OCO2. The van der Waals surface area contributed by atoms with Gasteiger partial charge in [-0.3, -0.25) is 9.59 Å². The molecule has 9 nitrogen and oxygen atoms in total. The Labute approximate surface area is 233 Å². The van der Waals surface area contributed by atoms with E-state index < -0.39 is 0 Å². The van der Waals surface area contributed by atoms with Gasteiger partial charge >= 0.3 is 0 Å². The summed E-state index contributed by atoms with van der Waals surface area (Å²) in [5.74, 6) is 1.81. The lowest BCUT2D eigenvalue weighted by molar-refractivity contribution is -0.116. The van der Waals surface area contributed by atoms with Crippen LogP contribution < -0.4 is 19.5 Å². The van der Waals surface area contributed by atoms with Gasteiger partial charge in [0, 0.05) is 17.7 Å². The molecule has 1 aromatic heterocycles. The molecule has 0 atom stereocenters. The number of carbonyl (C=O) groups excluding carboxylic acids is 2. The predicted octanol–water partition coefficient (Wildman–Crippen LogP) is 5.47. The van der Waals surface area contributed by atoms with Gasteiger partial charge in [0.05, 0.1) is 18.5 Å². The predicted molar refractivity (Wildman–Crippen MR) is 152 cm³/mol. The lowest BCUT2D eigenvalue weighted by atomic mass is 10.1. The minimum atomic E-state index is -0.322. The summed E-state index contributed by atoms with van der Waals surface area (Å²) in [6, 6.07) is 22.3. The zero-order chi connectivity index (χ0) is 28.1. The maximum absolute atomic E-state index is 13.6. The van der Waals surface area contributed by atoms with Crippen LogP contribution in [0.15, 0.2) is 72.8 Å². The van der Waals surface area contributed by atoms with E-state index in [0.717, 1.165) is 41.1 Å². The minimum Gasteiger partial charge on any atom is -0.497 e. The van der Waals surface area contributed by atoms with Crippen LogP contribution in [-0.2, 0) is 4.79 Å². The van der Waals surface area contributed by atoms with Crippen LogP contribution in [0, 0.1) is 6.92 Å². The van der Waals surface area contributed by atoms with Crippen molar-refractivity contribution in [1.29, 1.82) is 0 Å². The summed E-state index contributed by atoms with van der Waals surface area (Å²) in [7, 11) is 1.61. The normalized spacial score (nSPS) is 11.8. The molecular weight excluding hydrogens is 508 g/mol. The van der Waals surface area contributed by atoms with Gasteiger partial charge in [-0.2, -0.15) is 5.10 Å². The fourth-order valence-electron chi connectivity index (χ4n) is 4.66. The Balaban J connectivity index is 1.45. The number of carbonyl (C=O) groups is 2. The summed E-state index contributed by atoms with van der Waals surface area (Å²) in [6.45, 7) is 4.41. The average Bonchev–Trinajstić information content (AvgIpc) is 3.58. The van der Waals surface area contributed by atoms with Crippen LogP contribution in [0.2, 0.25) is 0 Å². The number of anilines is 1. The third kappa shape index (κ3) is 5.63. The molecule has 2 amide bonds. The quantitative estimate of drug-likeness (QED) is 0.287. The molecule has 9 heteroatoms. The number of nitrogens with one attached hydrogen (secondary N) is 1. The van der Waals surface area contributed by atoms with Crippen LogP contribution in [0.25, 0.3) is 16.8 Å². The fourth-order valence-corrected chi connectivity index (χ4v) is 4.66. The van der Waals surface area contributed by atoms with Crippen molar-refractivity contribution in [2.75, 3.05) is 32.3 Å². The summed E-state index contributed by atoms with van der Waals surface area (Å²) in [6.07, 6.45) is 1.65. The van der Waals surface area contributed by atoms with Crippen LogP contribution >= 0.6 is 0 Å². The van der Waals surface area contributed by atoms with Crippen molar-refractivity contribution < 1.29 is 23.8 Å². The Bertz CT molecular complexity index is 1500. The van der Waals surface area contributed by atoms with Crippen molar-refractivity contribution in [2.24, 2.45) is 0 Å². The molecule has 0 unspecified atom stereocenters. The molecule has 3 aromatic carbocycles. The third-order valence-corrected chi connectivity index (χ3v) is 6.72. The highest BCUT2D eigenvalue weighted by Gasteiger charge is 2.25. The van der Waals surface area contributed by atoms with E-state index in [-0.39, 0.29) is 25.2 Å². The van der Waals surface area contributed by atoms with E-state index in [4.69, 9.17) is 19.3 Å². The van der Waals surface area contributed by atoms with Crippen LogP contribution in [-0.4, -0.2) is 53.5 Å². The molecule has 0 saturated carbocycles. The zero-order valence-corrected chi connectivity index (χ0v) is 22.8. The molecule has 2 heterocycles. The van der Waals surface area contributed by atoms with Gasteiger partial charge in [0.2, 0.25) is 12.7 Å². The topological polar surface area (TPSA) is 94.9 Å². The van der Waals surface area contributed by atoms with E-state index in [0.29, 0.717) is 29.4 Å². The molecule has 0 saturated heterocycles. The highest BCUT2D eigenvalue weighted by molar-refractivity contribution is 6.01. The maximum atomic E-state index is 13.6. The number of amides is 2. The molecule has 40 heavy (non-hydrogen) atoms. The molecule has 0 bridgehead atoms. The van der Waals surface area contributed by atoms with E-state index in [1.165, 1.54) is 0 Å². The first kappa shape index (κ1) is 26.8. The lowest BCUT2D eigenvalue weighted by Crippen LogP contribution is -2.39. The zero-order valence-electron chi connectivity index (χ0n) is 22.8. The number of rotatable bonds is 10. The van der Waals surface area contributed by atoms with E-state index in [9.17, 15) is 9.59 Å². The van der Waals surface area contributed by atoms with Gasteiger partial charge in [-0.15, -0.1) is 0 Å². The summed E-state index contributed by atoms with van der Waals surface area (Å²) in [5, 5.41) is 7.84. The van der Waals surface area contributed by atoms with Crippen LogP contribution in [0.1, 0.15) is 35.8 Å². The number of nitrogens with zero attached hydrogens (tertiary/aromatic N) is 3. The Morgan fingerprint density at radius 2 is 1.77 bits per heavy atom. The number of hydrogen-bond donors (Lipinski definition) is 1. The molecule has 5 rings (SSSR count). The van der Waals surface area contributed by atoms with Crippen molar-refractivity contribution >= 4 is 17.6 Å². The van der Waals surface area contributed by atoms with Crippen molar-refractivity contribution in [3.05, 3.63) is 84.1 Å². The molecule has 0 radical (unpaired) electrons. The van der Waals surface area contributed by atoms with Crippen LogP contribution in [0.5, 0.6) is 17.2 Å². The van der Waals surface area contributed by atoms with Gasteiger partial charge in [0.25, 0.3) is 5.91 Å². The molecule has 0 fully saturated rings. The summed E-state index contributed by atoms with van der Waals surface area (Å²) in [5.41, 5.74) is 3.70. The lowest BCUT2D eigenvalue weighted by Gasteiger charge is -2.23. The van der Waals surface area contributed by atoms with Crippen LogP contribution in [0.3, 0.4) is 0 Å². The number of methoxy groups -OCH3 is 1. The Kier molecular flexibility index (Phi) is 8.00. The van der Waals surface area contributed by atoms with E-state index in [2.05, 4.69) is 5.32 Å².